The van der Waals surface area contributed by atoms with Crippen molar-refractivity contribution in [1.82, 2.24) is 10.0 Å². The minimum atomic E-state index is -3.50. The first-order valence-corrected chi connectivity index (χ1v) is 9.41. The Bertz CT molecular complexity index is 574. The predicted octanol–water partition coefficient (Wildman–Crippen LogP) is 2.02. The highest BCUT2D eigenvalue weighted by Gasteiger charge is 2.20. The lowest BCUT2D eigenvalue weighted by Gasteiger charge is -2.28. The van der Waals surface area contributed by atoms with E-state index in [-0.39, 0.29) is 4.90 Å². The average Bonchev–Trinajstić information content (AvgIpc) is 2.52. The van der Waals surface area contributed by atoms with Crippen LogP contribution in [-0.4, -0.2) is 40.8 Å². The first kappa shape index (κ1) is 17.7. The molecule has 0 radical (unpaired) electrons. The number of benzene rings is 1. The van der Waals surface area contributed by atoms with Crippen molar-refractivity contribution in [1.29, 1.82) is 0 Å². The highest BCUT2D eigenvalue weighted by molar-refractivity contribution is 7.89. The summed E-state index contributed by atoms with van der Waals surface area (Å²) in [7, 11) is -3.50. The van der Waals surface area contributed by atoms with Gasteiger partial charge in [-0.25, -0.2) is 13.1 Å². The second-order valence-corrected chi connectivity index (χ2v) is 7.75. The molecular weight excluding hydrogens is 324 g/mol. The molecule has 2 N–H and O–H groups in total. The summed E-state index contributed by atoms with van der Waals surface area (Å²) < 4.78 is 32.2. The monoisotopic (exact) mass is 346 g/mol. The van der Waals surface area contributed by atoms with E-state index in [1.54, 1.807) is 12.1 Å². The van der Waals surface area contributed by atoms with Crippen LogP contribution < -0.4 is 10.0 Å². The molecule has 124 valence electrons. The SMILES string of the molecule is C[C@@H](NCCNS(=O)(=O)c1cccc(Cl)c1)C1CCOCC1. The zero-order chi connectivity index (χ0) is 16.0. The molecule has 0 spiro atoms. The van der Waals surface area contributed by atoms with Crippen molar-refractivity contribution < 1.29 is 13.2 Å². The Morgan fingerprint density at radius 3 is 2.73 bits per heavy atom. The lowest BCUT2D eigenvalue weighted by atomic mass is 9.93. The Kier molecular flexibility index (Phi) is 6.65. The lowest BCUT2D eigenvalue weighted by molar-refractivity contribution is 0.0561. The largest absolute Gasteiger partial charge is 0.381 e. The summed E-state index contributed by atoms with van der Waals surface area (Å²) in [4.78, 5) is 0.192. The maximum Gasteiger partial charge on any atom is 0.240 e. The van der Waals surface area contributed by atoms with Crippen molar-refractivity contribution >= 4 is 21.6 Å². The van der Waals surface area contributed by atoms with Gasteiger partial charge in [0.05, 0.1) is 4.90 Å². The van der Waals surface area contributed by atoms with Crippen LogP contribution in [0.3, 0.4) is 0 Å². The molecule has 0 unspecified atom stereocenters. The molecule has 0 saturated carbocycles. The van der Waals surface area contributed by atoms with Crippen LogP contribution in [-0.2, 0) is 14.8 Å². The highest BCUT2D eigenvalue weighted by Crippen LogP contribution is 2.18. The topological polar surface area (TPSA) is 67.4 Å². The van der Waals surface area contributed by atoms with E-state index >= 15 is 0 Å². The van der Waals surface area contributed by atoms with Gasteiger partial charge in [-0.2, -0.15) is 0 Å². The zero-order valence-corrected chi connectivity index (χ0v) is 14.3. The molecular formula is C15H23ClN2O3S. The van der Waals surface area contributed by atoms with Gasteiger partial charge in [-0.15, -0.1) is 0 Å². The summed E-state index contributed by atoms with van der Waals surface area (Å²) in [5.74, 6) is 0.596. The van der Waals surface area contributed by atoms with Gasteiger partial charge in [0, 0.05) is 37.4 Å². The maximum absolute atomic E-state index is 12.1. The van der Waals surface area contributed by atoms with E-state index in [0.29, 0.717) is 30.1 Å². The smallest absolute Gasteiger partial charge is 0.240 e. The molecule has 1 heterocycles. The zero-order valence-electron chi connectivity index (χ0n) is 12.7. The molecule has 22 heavy (non-hydrogen) atoms. The first-order valence-electron chi connectivity index (χ1n) is 7.55. The molecule has 1 aromatic rings. The van der Waals surface area contributed by atoms with Crippen LogP contribution in [0.4, 0.5) is 0 Å². The predicted molar refractivity (Wildman–Crippen MR) is 87.6 cm³/mol. The second kappa shape index (κ2) is 8.26. The van der Waals surface area contributed by atoms with Crippen molar-refractivity contribution in [2.45, 2.75) is 30.7 Å². The van der Waals surface area contributed by atoms with E-state index in [1.165, 1.54) is 12.1 Å². The number of rotatable bonds is 7. The fourth-order valence-corrected chi connectivity index (χ4v) is 3.92. The van der Waals surface area contributed by atoms with Crippen molar-refractivity contribution in [3.63, 3.8) is 0 Å². The summed E-state index contributed by atoms with van der Waals surface area (Å²) in [5, 5.41) is 3.79. The molecule has 1 aromatic carbocycles. The number of sulfonamides is 1. The fourth-order valence-electron chi connectivity index (χ4n) is 2.59. The Morgan fingerprint density at radius 1 is 1.32 bits per heavy atom. The van der Waals surface area contributed by atoms with Crippen LogP contribution in [0.25, 0.3) is 0 Å². The van der Waals surface area contributed by atoms with Crippen molar-refractivity contribution in [3.05, 3.63) is 29.3 Å². The minimum Gasteiger partial charge on any atom is -0.381 e. The number of nitrogens with one attached hydrogen (secondary N) is 2. The molecule has 1 saturated heterocycles. The highest BCUT2D eigenvalue weighted by atomic mass is 35.5. The third-order valence-corrected chi connectivity index (χ3v) is 5.66. The van der Waals surface area contributed by atoms with Gasteiger partial charge in [-0.1, -0.05) is 17.7 Å². The number of ether oxygens (including phenoxy) is 1. The van der Waals surface area contributed by atoms with E-state index in [0.717, 1.165) is 26.1 Å². The fraction of sp³-hybridized carbons (Fsp3) is 0.600. The van der Waals surface area contributed by atoms with Crippen LogP contribution in [0, 0.1) is 5.92 Å². The normalized spacial score (nSPS) is 18.3. The van der Waals surface area contributed by atoms with Gasteiger partial charge in [0.15, 0.2) is 0 Å². The van der Waals surface area contributed by atoms with Crippen LogP contribution in [0.15, 0.2) is 29.2 Å². The van der Waals surface area contributed by atoms with Crippen LogP contribution in [0.1, 0.15) is 19.8 Å². The average molecular weight is 347 g/mol. The van der Waals surface area contributed by atoms with E-state index in [4.69, 9.17) is 16.3 Å². The maximum atomic E-state index is 12.1. The van der Waals surface area contributed by atoms with Gasteiger partial charge in [0.1, 0.15) is 0 Å². The van der Waals surface area contributed by atoms with Crippen LogP contribution in [0.2, 0.25) is 5.02 Å². The van der Waals surface area contributed by atoms with Gasteiger partial charge in [0.2, 0.25) is 10.0 Å². The Balaban J connectivity index is 1.75. The molecule has 0 amide bonds. The molecule has 2 rings (SSSR count). The molecule has 0 bridgehead atoms. The van der Waals surface area contributed by atoms with E-state index in [2.05, 4.69) is 17.0 Å². The molecule has 1 aliphatic heterocycles. The quantitative estimate of drug-likeness (QED) is 0.741. The summed E-state index contributed by atoms with van der Waals surface area (Å²) >= 11 is 5.83. The molecule has 1 atom stereocenters. The third kappa shape index (κ3) is 5.21. The van der Waals surface area contributed by atoms with Gasteiger partial charge >= 0.3 is 0 Å². The van der Waals surface area contributed by atoms with Crippen LogP contribution >= 0.6 is 11.6 Å². The molecule has 0 aliphatic carbocycles. The summed E-state index contributed by atoms with van der Waals surface area (Å²) in [6.07, 6.45) is 2.12. The summed E-state index contributed by atoms with van der Waals surface area (Å²) in [6, 6.07) is 6.62. The Morgan fingerprint density at radius 2 is 2.05 bits per heavy atom. The van der Waals surface area contributed by atoms with Gasteiger partial charge < -0.3 is 10.1 Å². The minimum absolute atomic E-state index is 0.192. The molecule has 0 aromatic heterocycles. The van der Waals surface area contributed by atoms with Crippen molar-refractivity contribution in [2.75, 3.05) is 26.3 Å². The van der Waals surface area contributed by atoms with E-state index in [1.807, 2.05) is 0 Å². The third-order valence-electron chi connectivity index (χ3n) is 3.96. The van der Waals surface area contributed by atoms with Gasteiger partial charge in [0.25, 0.3) is 0 Å². The number of hydrogen-bond acceptors (Lipinski definition) is 4. The van der Waals surface area contributed by atoms with E-state index in [9.17, 15) is 8.42 Å². The molecule has 5 nitrogen and oxygen atoms in total. The Labute approximate surface area is 137 Å². The number of halogens is 1. The van der Waals surface area contributed by atoms with Gasteiger partial charge in [-0.3, -0.25) is 0 Å². The lowest BCUT2D eigenvalue weighted by Crippen LogP contribution is -2.40. The number of hydrogen-bond donors (Lipinski definition) is 2. The Hall–Kier alpha value is -0.660. The summed E-state index contributed by atoms with van der Waals surface area (Å²) in [6.45, 7) is 4.72. The second-order valence-electron chi connectivity index (χ2n) is 5.55. The molecule has 1 fully saturated rings. The van der Waals surface area contributed by atoms with E-state index < -0.39 is 10.0 Å². The van der Waals surface area contributed by atoms with Crippen molar-refractivity contribution in [3.8, 4) is 0 Å². The van der Waals surface area contributed by atoms with Crippen LogP contribution in [0.5, 0.6) is 0 Å². The molecule has 1 aliphatic rings. The first-order chi connectivity index (χ1) is 10.5. The van der Waals surface area contributed by atoms with Crippen molar-refractivity contribution in [2.24, 2.45) is 5.92 Å². The standard InChI is InChI=1S/C15H23ClN2O3S/c1-12(13-5-9-21-10-6-13)17-7-8-18-22(19,20)15-4-2-3-14(16)11-15/h2-4,11-13,17-18H,5-10H2,1H3/t12-/m1/s1. The summed E-state index contributed by atoms with van der Waals surface area (Å²) in [5.41, 5.74) is 0. The molecule has 7 heteroatoms. The van der Waals surface area contributed by atoms with Gasteiger partial charge in [-0.05, 0) is 43.9 Å².